The van der Waals surface area contributed by atoms with Crippen molar-refractivity contribution in [3.05, 3.63) is 30.0 Å². The molecule has 0 spiro atoms. The number of nitrogens with zero attached hydrogens (tertiary/aromatic N) is 2. The molecule has 2 aromatic rings. The van der Waals surface area contributed by atoms with Gasteiger partial charge in [0.05, 0.1) is 19.9 Å². The Morgan fingerprint density at radius 2 is 1.76 bits per heavy atom. The first-order valence-electron chi connectivity index (χ1n) is 5.38. The highest BCUT2D eigenvalue weighted by molar-refractivity contribution is 5.68. The summed E-state index contributed by atoms with van der Waals surface area (Å²) in [6.07, 6.45) is 1.78. The Morgan fingerprint density at radius 3 is 2.29 bits per heavy atom. The Morgan fingerprint density at radius 1 is 1.12 bits per heavy atom. The van der Waals surface area contributed by atoms with Crippen LogP contribution in [0.5, 0.6) is 11.5 Å². The topological polar surface area (TPSA) is 36.3 Å². The largest absolute Gasteiger partial charge is 0.493 e. The van der Waals surface area contributed by atoms with E-state index in [2.05, 4.69) is 5.10 Å². The molecule has 1 heterocycles. The number of aryl methyl sites for hydroxylation is 2. The first kappa shape index (κ1) is 11.5. The third kappa shape index (κ3) is 1.98. The molecule has 1 aromatic carbocycles. The second-order valence-electron chi connectivity index (χ2n) is 3.86. The van der Waals surface area contributed by atoms with Crippen LogP contribution < -0.4 is 9.47 Å². The van der Waals surface area contributed by atoms with E-state index >= 15 is 0 Å². The van der Waals surface area contributed by atoms with E-state index in [9.17, 15) is 0 Å². The Bertz CT molecular complexity index is 532. The Labute approximate surface area is 101 Å². The SMILES string of the molecule is COc1cc(C)c(-c2ccnn2C)cc1OC. The Kier molecular flexibility index (Phi) is 3.04. The summed E-state index contributed by atoms with van der Waals surface area (Å²) in [5.74, 6) is 1.48. The molecule has 0 unspecified atom stereocenters. The summed E-state index contributed by atoms with van der Waals surface area (Å²) in [6.45, 7) is 2.05. The standard InChI is InChI=1S/C13H16N2O2/c1-9-7-12(16-3)13(17-4)8-10(9)11-5-6-14-15(11)2/h5-8H,1-4H3. The maximum atomic E-state index is 5.32. The van der Waals surface area contributed by atoms with Crippen LogP contribution in [0.4, 0.5) is 0 Å². The summed E-state index contributed by atoms with van der Waals surface area (Å²) in [5, 5.41) is 4.18. The van der Waals surface area contributed by atoms with Crippen molar-refractivity contribution in [2.75, 3.05) is 14.2 Å². The number of ether oxygens (including phenoxy) is 2. The molecule has 0 radical (unpaired) electrons. The lowest BCUT2D eigenvalue weighted by atomic mass is 10.0. The minimum atomic E-state index is 0.731. The summed E-state index contributed by atoms with van der Waals surface area (Å²) in [7, 11) is 5.20. The van der Waals surface area contributed by atoms with Gasteiger partial charge in [-0.25, -0.2) is 0 Å². The molecule has 0 bridgehead atoms. The van der Waals surface area contributed by atoms with Crippen molar-refractivity contribution < 1.29 is 9.47 Å². The zero-order valence-electron chi connectivity index (χ0n) is 10.5. The molecule has 0 aliphatic carbocycles. The lowest BCUT2D eigenvalue weighted by Crippen LogP contribution is -1.97. The average Bonchev–Trinajstić information content (AvgIpc) is 2.75. The molecule has 2 rings (SSSR count). The number of benzene rings is 1. The van der Waals surface area contributed by atoms with Crippen LogP contribution >= 0.6 is 0 Å². The number of hydrogen-bond donors (Lipinski definition) is 0. The zero-order chi connectivity index (χ0) is 12.4. The monoisotopic (exact) mass is 232 g/mol. The maximum Gasteiger partial charge on any atom is 0.161 e. The van der Waals surface area contributed by atoms with Crippen molar-refractivity contribution in [1.82, 2.24) is 9.78 Å². The predicted molar refractivity (Wildman–Crippen MR) is 66.5 cm³/mol. The van der Waals surface area contributed by atoms with E-state index in [-0.39, 0.29) is 0 Å². The van der Waals surface area contributed by atoms with E-state index in [1.807, 2.05) is 36.9 Å². The lowest BCUT2D eigenvalue weighted by molar-refractivity contribution is 0.355. The van der Waals surface area contributed by atoms with E-state index < -0.39 is 0 Å². The second-order valence-corrected chi connectivity index (χ2v) is 3.86. The molecule has 0 aliphatic heterocycles. The van der Waals surface area contributed by atoms with Crippen LogP contribution in [0.3, 0.4) is 0 Å². The van der Waals surface area contributed by atoms with E-state index in [1.165, 1.54) is 0 Å². The fourth-order valence-corrected chi connectivity index (χ4v) is 1.89. The quantitative estimate of drug-likeness (QED) is 0.815. The van der Waals surface area contributed by atoms with Gasteiger partial charge >= 0.3 is 0 Å². The van der Waals surface area contributed by atoms with Crippen LogP contribution in [-0.4, -0.2) is 24.0 Å². The first-order valence-corrected chi connectivity index (χ1v) is 5.38. The van der Waals surface area contributed by atoms with Gasteiger partial charge < -0.3 is 9.47 Å². The molecule has 0 N–H and O–H groups in total. The lowest BCUT2D eigenvalue weighted by Gasteiger charge is -2.12. The molecule has 1 aromatic heterocycles. The molecule has 4 nitrogen and oxygen atoms in total. The highest BCUT2D eigenvalue weighted by Crippen LogP contribution is 2.34. The van der Waals surface area contributed by atoms with E-state index in [1.54, 1.807) is 20.4 Å². The highest BCUT2D eigenvalue weighted by atomic mass is 16.5. The maximum absolute atomic E-state index is 5.32. The van der Waals surface area contributed by atoms with Crippen LogP contribution in [0.25, 0.3) is 11.3 Å². The van der Waals surface area contributed by atoms with E-state index in [4.69, 9.17) is 9.47 Å². The summed E-state index contributed by atoms with van der Waals surface area (Å²) in [6, 6.07) is 5.93. The molecule has 0 aliphatic rings. The third-order valence-corrected chi connectivity index (χ3v) is 2.83. The smallest absolute Gasteiger partial charge is 0.161 e. The third-order valence-electron chi connectivity index (χ3n) is 2.83. The van der Waals surface area contributed by atoms with Gasteiger partial charge in [0, 0.05) is 18.8 Å². The summed E-state index contributed by atoms with van der Waals surface area (Å²) < 4.78 is 12.4. The number of rotatable bonds is 3. The molecule has 0 amide bonds. The van der Waals surface area contributed by atoms with Gasteiger partial charge in [0.25, 0.3) is 0 Å². The minimum absolute atomic E-state index is 0.731. The van der Waals surface area contributed by atoms with Crippen molar-refractivity contribution >= 4 is 0 Å². The van der Waals surface area contributed by atoms with Gasteiger partial charge in [-0.1, -0.05) is 0 Å². The molecule has 90 valence electrons. The van der Waals surface area contributed by atoms with Crippen molar-refractivity contribution in [3.8, 4) is 22.8 Å². The number of hydrogen-bond acceptors (Lipinski definition) is 3. The van der Waals surface area contributed by atoms with Gasteiger partial charge in [-0.2, -0.15) is 5.10 Å². The van der Waals surface area contributed by atoms with Crippen LogP contribution in [0.1, 0.15) is 5.56 Å². The second kappa shape index (κ2) is 4.49. The van der Waals surface area contributed by atoms with Crippen molar-refractivity contribution in [2.24, 2.45) is 7.05 Å². The molecule has 4 heteroatoms. The van der Waals surface area contributed by atoms with Crippen LogP contribution in [-0.2, 0) is 7.05 Å². The fourth-order valence-electron chi connectivity index (χ4n) is 1.89. The van der Waals surface area contributed by atoms with Crippen LogP contribution in [0.2, 0.25) is 0 Å². The highest BCUT2D eigenvalue weighted by Gasteiger charge is 2.12. The van der Waals surface area contributed by atoms with Crippen molar-refractivity contribution in [2.45, 2.75) is 6.92 Å². The number of methoxy groups -OCH3 is 2. The summed E-state index contributed by atoms with van der Waals surface area (Å²) in [4.78, 5) is 0. The first-order chi connectivity index (χ1) is 8.17. The Hall–Kier alpha value is -1.97. The normalized spacial score (nSPS) is 10.4. The number of aromatic nitrogens is 2. The molecule has 17 heavy (non-hydrogen) atoms. The predicted octanol–water partition coefficient (Wildman–Crippen LogP) is 2.41. The summed E-state index contributed by atoms with van der Waals surface area (Å²) in [5.41, 5.74) is 3.29. The average molecular weight is 232 g/mol. The van der Waals surface area contributed by atoms with Gasteiger partial charge in [0.2, 0.25) is 0 Å². The van der Waals surface area contributed by atoms with Crippen molar-refractivity contribution in [3.63, 3.8) is 0 Å². The van der Waals surface area contributed by atoms with Crippen molar-refractivity contribution in [1.29, 1.82) is 0 Å². The van der Waals surface area contributed by atoms with Gasteiger partial charge in [0.1, 0.15) is 0 Å². The van der Waals surface area contributed by atoms with Crippen LogP contribution in [0.15, 0.2) is 24.4 Å². The van der Waals surface area contributed by atoms with Gasteiger partial charge in [-0.15, -0.1) is 0 Å². The fraction of sp³-hybridized carbons (Fsp3) is 0.308. The molecular weight excluding hydrogens is 216 g/mol. The minimum Gasteiger partial charge on any atom is -0.493 e. The molecule has 0 saturated heterocycles. The Balaban J connectivity index is 2.59. The van der Waals surface area contributed by atoms with Gasteiger partial charge in [-0.05, 0) is 30.7 Å². The zero-order valence-corrected chi connectivity index (χ0v) is 10.5. The molecule has 0 atom stereocenters. The van der Waals surface area contributed by atoms with E-state index in [0.29, 0.717) is 0 Å². The molecule has 0 fully saturated rings. The van der Waals surface area contributed by atoms with Gasteiger partial charge in [0.15, 0.2) is 11.5 Å². The van der Waals surface area contributed by atoms with Crippen LogP contribution in [0, 0.1) is 6.92 Å². The summed E-state index contributed by atoms with van der Waals surface area (Å²) >= 11 is 0. The van der Waals surface area contributed by atoms with Gasteiger partial charge in [-0.3, -0.25) is 4.68 Å². The molecular formula is C13H16N2O2. The van der Waals surface area contributed by atoms with E-state index in [0.717, 1.165) is 28.3 Å². The molecule has 0 saturated carbocycles.